The molecule has 3 heterocycles. The molecule has 0 aromatic carbocycles. The van der Waals surface area contributed by atoms with E-state index >= 15 is 0 Å². The van der Waals surface area contributed by atoms with Gasteiger partial charge in [-0.15, -0.1) is 5.10 Å². The first-order chi connectivity index (χ1) is 13.1. The lowest BCUT2D eigenvalue weighted by Gasteiger charge is -2.20. The predicted octanol–water partition coefficient (Wildman–Crippen LogP) is 3.56. The third-order valence-corrected chi connectivity index (χ3v) is 5.56. The summed E-state index contributed by atoms with van der Waals surface area (Å²) in [6.45, 7) is 0. The zero-order chi connectivity index (χ0) is 19.2. The molecule has 0 amide bonds. The van der Waals surface area contributed by atoms with Gasteiger partial charge in [0.2, 0.25) is 0 Å². The van der Waals surface area contributed by atoms with Crippen molar-refractivity contribution in [2.75, 3.05) is 19.4 Å². The van der Waals surface area contributed by atoms with E-state index in [1.54, 1.807) is 35.8 Å². The van der Waals surface area contributed by atoms with Gasteiger partial charge < -0.3 is 15.7 Å². The molecule has 0 aliphatic heterocycles. The number of fused-ring (bicyclic) bond motifs is 1. The Balaban J connectivity index is 0.000000221. The van der Waals surface area contributed by atoms with Crippen LogP contribution in [0.3, 0.4) is 0 Å². The number of pyridine rings is 1. The molecule has 0 atom stereocenters. The maximum atomic E-state index is 10.9. The monoisotopic (exact) mass is 387 g/mol. The van der Waals surface area contributed by atoms with Crippen molar-refractivity contribution in [3.8, 4) is 15.8 Å². The summed E-state index contributed by atoms with van der Waals surface area (Å²) in [4.78, 5) is 16.0. The summed E-state index contributed by atoms with van der Waals surface area (Å²) < 4.78 is 1.62. The summed E-state index contributed by atoms with van der Waals surface area (Å²) in [6.07, 6.45) is 7.90. The van der Waals surface area contributed by atoms with E-state index in [0.717, 1.165) is 17.2 Å². The van der Waals surface area contributed by atoms with Gasteiger partial charge in [-0.3, -0.25) is 4.79 Å². The van der Waals surface area contributed by atoms with E-state index in [1.807, 2.05) is 0 Å². The van der Waals surface area contributed by atoms with Crippen LogP contribution in [0.1, 0.15) is 42.5 Å². The molecule has 0 unspecified atom stereocenters. The molecule has 0 spiro atoms. The van der Waals surface area contributed by atoms with Crippen molar-refractivity contribution in [1.82, 2.24) is 19.9 Å². The fourth-order valence-electron chi connectivity index (χ4n) is 3.19. The van der Waals surface area contributed by atoms with Crippen LogP contribution in [0.5, 0.6) is 5.06 Å². The predicted molar refractivity (Wildman–Crippen MR) is 109 cm³/mol. The molecule has 0 radical (unpaired) electrons. The topological polar surface area (TPSA) is 91.5 Å². The van der Waals surface area contributed by atoms with Crippen molar-refractivity contribution in [3.05, 3.63) is 29.8 Å². The second-order valence-corrected chi connectivity index (χ2v) is 7.57. The molecule has 1 saturated carbocycles. The summed E-state index contributed by atoms with van der Waals surface area (Å²) in [5, 5.41) is 20.2. The SMILES string of the molecule is CNC1CCCCC1.CNc1cc(C=O)cc2nc(-c3ccc(O)s3)nn12. The first-order valence-electron chi connectivity index (χ1n) is 9.14. The van der Waals surface area contributed by atoms with Gasteiger partial charge in [-0.2, -0.15) is 4.52 Å². The Kier molecular flexibility index (Phi) is 6.41. The molecule has 27 heavy (non-hydrogen) atoms. The number of anilines is 1. The van der Waals surface area contributed by atoms with Crippen LogP contribution in [0.2, 0.25) is 0 Å². The fourth-order valence-corrected chi connectivity index (χ4v) is 3.87. The maximum absolute atomic E-state index is 10.9. The van der Waals surface area contributed by atoms with Crippen molar-refractivity contribution in [1.29, 1.82) is 0 Å². The fraction of sp³-hybridized carbons (Fsp3) is 0.421. The largest absolute Gasteiger partial charge is 0.499 e. The van der Waals surface area contributed by atoms with Crippen molar-refractivity contribution in [3.63, 3.8) is 0 Å². The molecule has 4 rings (SSSR count). The van der Waals surface area contributed by atoms with Gasteiger partial charge in [0, 0.05) is 18.7 Å². The molecule has 3 aromatic heterocycles. The van der Waals surface area contributed by atoms with E-state index in [0.29, 0.717) is 22.9 Å². The molecular weight excluding hydrogens is 362 g/mol. The van der Waals surface area contributed by atoms with Gasteiger partial charge in [-0.05, 0) is 44.2 Å². The van der Waals surface area contributed by atoms with E-state index in [-0.39, 0.29) is 5.06 Å². The van der Waals surface area contributed by atoms with Gasteiger partial charge in [0.05, 0.1) is 4.88 Å². The lowest BCUT2D eigenvalue weighted by atomic mass is 9.96. The zero-order valence-corrected chi connectivity index (χ0v) is 16.4. The Morgan fingerprint density at radius 1 is 1.22 bits per heavy atom. The molecule has 144 valence electrons. The average molecular weight is 388 g/mol. The quantitative estimate of drug-likeness (QED) is 0.593. The third kappa shape index (κ3) is 4.64. The highest BCUT2D eigenvalue weighted by atomic mass is 32.1. The highest BCUT2D eigenvalue weighted by Gasteiger charge is 2.12. The number of carbonyl (C=O) groups is 1. The van der Waals surface area contributed by atoms with Crippen molar-refractivity contribution < 1.29 is 9.90 Å². The molecule has 1 aliphatic rings. The van der Waals surface area contributed by atoms with Crippen LogP contribution < -0.4 is 10.6 Å². The number of nitrogens with one attached hydrogen (secondary N) is 2. The number of aldehydes is 1. The molecule has 3 aromatic rings. The Morgan fingerprint density at radius 3 is 2.56 bits per heavy atom. The highest BCUT2D eigenvalue weighted by Crippen LogP contribution is 2.30. The normalized spacial score (nSPS) is 14.6. The zero-order valence-electron chi connectivity index (χ0n) is 15.6. The molecule has 1 fully saturated rings. The highest BCUT2D eigenvalue weighted by molar-refractivity contribution is 7.17. The summed E-state index contributed by atoms with van der Waals surface area (Å²) >= 11 is 1.21. The van der Waals surface area contributed by atoms with Gasteiger partial charge in [0.1, 0.15) is 12.1 Å². The van der Waals surface area contributed by atoms with Gasteiger partial charge in [0.25, 0.3) is 0 Å². The van der Waals surface area contributed by atoms with Crippen LogP contribution in [0.25, 0.3) is 16.3 Å². The number of rotatable bonds is 4. The van der Waals surface area contributed by atoms with Crippen LogP contribution in [0, 0.1) is 0 Å². The summed E-state index contributed by atoms with van der Waals surface area (Å²) in [6, 6.07) is 7.56. The molecule has 3 N–H and O–H groups in total. The number of hydrogen-bond acceptors (Lipinski definition) is 7. The Morgan fingerprint density at radius 2 is 2.00 bits per heavy atom. The molecule has 0 bridgehead atoms. The third-order valence-electron chi connectivity index (χ3n) is 4.68. The van der Waals surface area contributed by atoms with E-state index in [1.165, 1.54) is 43.4 Å². The Hall–Kier alpha value is -2.45. The van der Waals surface area contributed by atoms with Crippen LogP contribution >= 0.6 is 11.3 Å². The first kappa shape index (κ1) is 19.3. The van der Waals surface area contributed by atoms with Crippen molar-refractivity contribution in [2.24, 2.45) is 0 Å². The van der Waals surface area contributed by atoms with Gasteiger partial charge in [-0.1, -0.05) is 30.6 Å². The minimum Gasteiger partial charge on any atom is -0.499 e. The number of aromatic hydroxyl groups is 1. The number of aromatic nitrogens is 3. The molecule has 0 saturated heterocycles. The standard InChI is InChI=1S/C12H10N4O2S.C7H15N/c1-13-9-4-7(6-17)5-10-14-12(15-16(9)10)8-2-3-11(18)19-8;1-8-7-5-3-2-4-6-7/h2-6,13,18H,1H3;7-8H,2-6H2,1H3. The maximum Gasteiger partial charge on any atom is 0.192 e. The lowest BCUT2D eigenvalue weighted by Crippen LogP contribution is -2.26. The molecule has 1 aliphatic carbocycles. The molecular formula is C19H25N5O2S. The number of hydrogen-bond donors (Lipinski definition) is 3. The summed E-state index contributed by atoms with van der Waals surface area (Å²) in [5.41, 5.74) is 1.11. The van der Waals surface area contributed by atoms with Crippen LogP contribution in [-0.2, 0) is 0 Å². The second-order valence-electron chi connectivity index (χ2n) is 6.51. The minimum absolute atomic E-state index is 0.219. The van der Waals surface area contributed by atoms with E-state index < -0.39 is 0 Å². The summed E-state index contributed by atoms with van der Waals surface area (Å²) in [7, 11) is 3.82. The molecule has 7 nitrogen and oxygen atoms in total. The smallest absolute Gasteiger partial charge is 0.192 e. The first-order valence-corrected chi connectivity index (χ1v) is 9.96. The van der Waals surface area contributed by atoms with Crippen molar-refractivity contribution in [2.45, 2.75) is 38.1 Å². The second kappa shape index (κ2) is 8.96. The van der Waals surface area contributed by atoms with Gasteiger partial charge in [0.15, 0.2) is 16.5 Å². The van der Waals surface area contributed by atoms with Crippen LogP contribution in [0.4, 0.5) is 5.82 Å². The van der Waals surface area contributed by atoms with E-state index in [4.69, 9.17) is 0 Å². The summed E-state index contributed by atoms with van der Waals surface area (Å²) in [5.74, 6) is 1.20. The number of carbonyl (C=O) groups excluding carboxylic acids is 1. The number of thiophene rings is 1. The van der Waals surface area contributed by atoms with Gasteiger partial charge in [-0.25, -0.2) is 4.98 Å². The average Bonchev–Trinajstić information content (AvgIpc) is 3.34. The van der Waals surface area contributed by atoms with Crippen LogP contribution in [0.15, 0.2) is 24.3 Å². The molecule has 8 heteroatoms. The van der Waals surface area contributed by atoms with E-state index in [9.17, 15) is 9.90 Å². The number of nitrogens with zero attached hydrogens (tertiary/aromatic N) is 3. The van der Waals surface area contributed by atoms with Gasteiger partial charge >= 0.3 is 0 Å². The van der Waals surface area contributed by atoms with Crippen LogP contribution in [-0.4, -0.2) is 46.1 Å². The van der Waals surface area contributed by atoms with Crippen molar-refractivity contribution >= 4 is 29.1 Å². The lowest BCUT2D eigenvalue weighted by molar-refractivity contribution is 0.112. The Labute approximate surface area is 162 Å². The Bertz CT molecular complexity index is 899. The van der Waals surface area contributed by atoms with E-state index in [2.05, 4.69) is 27.8 Å². The minimum atomic E-state index is 0.219.